The molecule has 1 aliphatic heterocycles. The van der Waals surface area contributed by atoms with E-state index in [4.69, 9.17) is 0 Å². The Kier molecular flexibility index (Phi) is 3.94. The monoisotopic (exact) mass is 333 g/mol. The molecule has 0 spiro atoms. The van der Waals surface area contributed by atoms with Crippen LogP contribution >= 0.6 is 0 Å². The van der Waals surface area contributed by atoms with Crippen LogP contribution in [0.3, 0.4) is 0 Å². The molecule has 1 heterocycles. The minimum Gasteiger partial charge on any atom is -0.387 e. The maximum absolute atomic E-state index is 12.4. The minimum absolute atomic E-state index is 0.0284. The molecular weight excluding hydrogens is 314 g/mol. The third kappa shape index (κ3) is 2.98. The number of β-amino-alcohol motifs (C(OH)–C–C–N with tert-alkyl or cyclic N) is 1. The van der Waals surface area contributed by atoms with E-state index in [-0.39, 0.29) is 28.8 Å². The molecule has 0 bridgehead atoms. The average Bonchev–Trinajstić information content (AvgIpc) is 2.33. The third-order valence-electron chi connectivity index (χ3n) is 3.86. The molecule has 0 aromatic heterocycles. The molecule has 6 nitrogen and oxygen atoms in total. The van der Waals surface area contributed by atoms with Crippen LogP contribution in [0.15, 0.2) is 34.1 Å². The number of sulfone groups is 1. The van der Waals surface area contributed by atoms with E-state index in [1.807, 2.05) is 13.8 Å². The van der Waals surface area contributed by atoms with Crippen molar-refractivity contribution >= 4 is 19.9 Å². The molecule has 2 rings (SSSR count). The summed E-state index contributed by atoms with van der Waals surface area (Å²) in [6.07, 6.45) is 1.06. The zero-order valence-electron chi connectivity index (χ0n) is 12.1. The summed E-state index contributed by atoms with van der Waals surface area (Å²) < 4.78 is 48.6. The first-order chi connectivity index (χ1) is 9.47. The van der Waals surface area contributed by atoms with Crippen LogP contribution in [0.5, 0.6) is 0 Å². The Morgan fingerprint density at radius 2 is 1.48 bits per heavy atom. The second-order valence-corrected chi connectivity index (χ2v) is 9.73. The molecule has 0 unspecified atom stereocenters. The van der Waals surface area contributed by atoms with E-state index < -0.39 is 25.5 Å². The molecule has 1 N–H and O–H groups in total. The van der Waals surface area contributed by atoms with Crippen molar-refractivity contribution in [2.45, 2.75) is 29.2 Å². The van der Waals surface area contributed by atoms with Crippen LogP contribution in [0.4, 0.5) is 0 Å². The maximum atomic E-state index is 12.4. The zero-order chi connectivity index (χ0) is 16.1. The Morgan fingerprint density at radius 1 is 1.05 bits per heavy atom. The smallest absolute Gasteiger partial charge is 0.243 e. The largest absolute Gasteiger partial charge is 0.387 e. The van der Waals surface area contributed by atoms with Crippen LogP contribution in [-0.4, -0.2) is 51.2 Å². The summed E-state index contributed by atoms with van der Waals surface area (Å²) in [5, 5.41) is 10.1. The van der Waals surface area contributed by atoms with Crippen molar-refractivity contribution < 1.29 is 21.9 Å². The van der Waals surface area contributed by atoms with Gasteiger partial charge in [-0.2, -0.15) is 4.31 Å². The van der Waals surface area contributed by atoms with Gasteiger partial charge in [0, 0.05) is 19.3 Å². The number of sulfonamides is 1. The van der Waals surface area contributed by atoms with E-state index in [1.165, 1.54) is 28.6 Å². The summed E-state index contributed by atoms with van der Waals surface area (Å²) in [6, 6.07) is 5.10. The first-order valence-electron chi connectivity index (χ1n) is 6.49. The normalized spacial score (nSPS) is 19.5. The van der Waals surface area contributed by atoms with Gasteiger partial charge in [-0.25, -0.2) is 16.8 Å². The Hall–Kier alpha value is -0.960. The summed E-state index contributed by atoms with van der Waals surface area (Å²) in [4.78, 5) is 0.101. The molecule has 0 amide bonds. The van der Waals surface area contributed by atoms with Crippen molar-refractivity contribution in [3.63, 3.8) is 0 Å². The van der Waals surface area contributed by atoms with Crippen molar-refractivity contribution in [2.75, 3.05) is 19.3 Å². The lowest BCUT2D eigenvalue weighted by Gasteiger charge is -2.47. The van der Waals surface area contributed by atoms with Crippen molar-refractivity contribution in [1.29, 1.82) is 0 Å². The van der Waals surface area contributed by atoms with Gasteiger partial charge in [-0.3, -0.25) is 0 Å². The number of hydrogen-bond acceptors (Lipinski definition) is 5. The Bertz CT molecular complexity index is 729. The molecule has 1 aliphatic rings. The molecule has 1 saturated heterocycles. The fourth-order valence-corrected chi connectivity index (χ4v) is 4.30. The van der Waals surface area contributed by atoms with Crippen LogP contribution in [-0.2, 0) is 19.9 Å². The number of aliphatic hydroxyl groups is 1. The molecule has 1 aromatic carbocycles. The van der Waals surface area contributed by atoms with Gasteiger partial charge in [0.1, 0.15) is 0 Å². The van der Waals surface area contributed by atoms with E-state index in [0.717, 1.165) is 6.26 Å². The summed E-state index contributed by atoms with van der Waals surface area (Å²) in [6.45, 7) is 3.79. The van der Waals surface area contributed by atoms with Crippen LogP contribution in [0, 0.1) is 5.92 Å². The van der Waals surface area contributed by atoms with Crippen molar-refractivity contribution in [2.24, 2.45) is 5.92 Å². The molecule has 0 radical (unpaired) electrons. The fourth-order valence-electron chi connectivity index (χ4n) is 2.11. The van der Waals surface area contributed by atoms with Gasteiger partial charge in [0.15, 0.2) is 9.84 Å². The van der Waals surface area contributed by atoms with Gasteiger partial charge in [-0.05, 0) is 30.2 Å². The van der Waals surface area contributed by atoms with Crippen molar-refractivity contribution in [3.05, 3.63) is 24.3 Å². The minimum atomic E-state index is -3.69. The summed E-state index contributed by atoms with van der Waals surface area (Å²) in [5.41, 5.74) is -0.986. The van der Waals surface area contributed by atoms with Crippen molar-refractivity contribution in [1.82, 2.24) is 4.31 Å². The van der Waals surface area contributed by atoms with Gasteiger partial charge < -0.3 is 5.11 Å². The predicted molar refractivity (Wildman–Crippen MR) is 78.1 cm³/mol. The maximum Gasteiger partial charge on any atom is 0.243 e. The van der Waals surface area contributed by atoms with Crippen LogP contribution < -0.4 is 0 Å². The Balaban J connectivity index is 2.23. The number of hydrogen-bond donors (Lipinski definition) is 1. The fraction of sp³-hybridized carbons (Fsp3) is 0.538. The predicted octanol–water partition coefficient (Wildman–Crippen LogP) is 0.482. The molecule has 1 aromatic rings. The molecule has 8 heteroatoms. The first-order valence-corrected chi connectivity index (χ1v) is 9.83. The summed E-state index contributed by atoms with van der Waals surface area (Å²) in [5.74, 6) is -0.0310. The first kappa shape index (κ1) is 16.4. The van der Waals surface area contributed by atoms with E-state index >= 15 is 0 Å². The van der Waals surface area contributed by atoms with Crippen LogP contribution in [0.25, 0.3) is 0 Å². The highest BCUT2D eigenvalue weighted by atomic mass is 32.2. The quantitative estimate of drug-likeness (QED) is 0.865. The third-order valence-corrected chi connectivity index (χ3v) is 6.80. The number of benzene rings is 1. The topological polar surface area (TPSA) is 91.8 Å². The van der Waals surface area contributed by atoms with Crippen LogP contribution in [0.2, 0.25) is 0 Å². The lowest BCUT2D eigenvalue weighted by molar-refractivity contribution is -0.0932. The van der Waals surface area contributed by atoms with E-state index in [0.29, 0.717) is 0 Å². The van der Waals surface area contributed by atoms with Crippen molar-refractivity contribution in [3.8, 4) is 0 Å². The zero-order valence-corrected chi connectivity index (χ0v) is 13.8. The van der Waals surface area contributed by atoms with Gasteiger partial charge in [0.2, 0.25) is 10.0 Å². The number of rotatable bonds is 4. The van der Waals surface area contributed by atoms with Gasteiger partial charge in [0.05, 0.1) is 15.4 Å². The molecular formula is C13H19NO5S2. The Labute approximate surface area is 125 Å². The van der Waals surface area contributed by atoms with E-state index in [9.17, 15) is 21.9 Å². The molecule has 118 valence electrons. The van der Waals surface area contributed by atoms with Crippen LogP contribution in [0.1, 0.15) is 13.8 Å². The Morgan fingerprint density at radius 3 is 1.86 bits per heavy atom. The van der Waals surface area contributed by atoms with Gasteiger partial charge in [0.25, 0.3) is 0 Å². The lowest BCUT2D eigenvalue weighted by atomic mass is 9.85. The second kappa shape index (κ2) is 5.05. The summed E-state index contributed by atoms with van der Waals surface area (Å²) in [7, 11) is -7.05. The highest BCUT2D eigenvalue weighted by Crippen LogP contribution is 2.33. The van der Waals surface area contributed by atoms with Gasteiger partial charge >= 0.3 is 0 Å². The standard InChI is InChI=1S/C13H19NO5S2/c1-10(2)13(15)8-14(9-13)21(18,19)12-6-4-11(5-7-12)20(3,16)17/h4-7,10,15H,8-9H2,1-3H3. The number of nitrogens with zero attached hydrogens (tertiary/aromatic N) is 1. The SMILES string of the molecule is CC(C)C1(O)CN(S(=O)(=O)c2ccc(S(C)(=O)=O)cc2)C1. The highest BCUT2D eigenvalue weighted by Gasteiger charge is 2.49. The highest BCUT2D eigenvalue weighted by molar-refractivity contribution is 7.90. The molecule has 0 atom stereocenters. The van der Waals surface area contributed by atoms with Gasteiger partial charge in [-0.1, -0.05) is 13.8 Å². The lowest BCUT2D eigenvalue weighted by Crippen LogP contribution is -2.65. The average molecular weight is 333 g/mol. The van der Waals surface area contributed by atoms with E-state index in [1.54, 1.807) is 0 Å². The molecule has 1 fully saturated rings. The molecule has 0 saturated carbocycles. The molecule has 0 aliphatic carbocycles. The summed E-state index contributed by atoms with van der Waals surface area (Å²) >= 11 is 0. The van der Waals surface area contributed by atoms with E-state index in [2.05, 4.69) is 0 Å². The molecule has 21 heavy (non-hydrogen) atoms. The van der Waals surface area contributed by atoms with Gasteiger partial charge in [-0.15, -0.1) is 0 Å². The second-order valence-electron chi connectivity index (χ2n) is 5.77.